The lowest BCUT2D eigenvalue weighted by Crippen LogP contribution is -2.19. The molecule has 2 rings (SSSR count). The van der Waals surface area contributed by atoms with Gasteiger partial charge >= 0.3 is 0 Å². The van der Waals surface area contributed by atoms with Gasteiger partial charge in [-0.3, -0.25) is 4.79 Å². The molecular weight excluding hydrogens is 231 g/mol. The van der Waals surface area contributed by atoms with Crippen molar-refractivity contribution in [1.82, 2.24) is 5.32 Å². The Morgan fingerprint density at radius 3 is 2.72 bits per heavy atom. The number of amides is 1. The second-order valence-electron chi connectivity index (χ2n) is 5.69. The van der Waals surface area contributed by atoms with Gasteiger partial charge in [0.1, 0.15) is 5.82 Å². The van der Waals surface area contributed by atoms with Crippen LogP contribution in [0, 0.1) is 17.2 Å². The molecule has 0 aromatic heterocycles. The molecule has 0 heterocycles. The molecule has 18 heavy (non-hydrogen) atoms. The van der Waals surface area contributed by atoms with Gasteiger partial charge in [-0.2, -0.15) is 0 Å². The largest absolute Gasteiger partial charge is 0.366 e. The first-order chi connectivity index (χ1) is 8.40. The highest BCUT2D eigenvalue weighted by Gasteiger charge is 2.44. The molecule has 0 bridgehead atoms. The summed E-state index contributed by atoms with van der Waals surface area (Å²) in [6.07, 6.45) is 1.23. The van der Waals surface area contributed by atoms with Crippen LogP contribution in [0.2, 0.25) is 0 Å². The predicted molar refractivity (Wildman–Crippen MR) is 68.5 cm³/mol. The van der Waals surface area contributed by atoms with E-state index in [2.05, 4.69) is 19.2 Å². The van der Waals surface area contributed by atoms with Crippen molar-refractivity contribution in [3.63, 3.8) is 0 Å². The minimum atomic E-state index is -0.604. The summed E-state index contributed by atoms with van der Waals surface area (Å²) in [6, 6.07) is 4.37. The Morgan fingerprint density at radius 2 is 2.22 bits per heavy atom. The van der Waals surface area contributed by atoms with E-state index in [-0.39, 0.29) is 11.4 Å². The Hall–Kier alpha value is -1.42. The fraction of sp³-hybridized carbons (Fsp3) is 0.500. The lowest BCUT2D eigenvalue weighted by atomic mass is 10.1. The highest BCUT2D eigenvalue weighted by molar-refractivity contribution is 5.92. The van der Waals surface area contributed by atoms with Crippen LogP contribution in [-0.2, 0) is 6.54 Å². The van der Waals surface area contributed by atoms with Crippen molar-refractivity contribution < 1.29 is 9.18 Å². The lowest BCUT2D eigenvalue weighted by molar-refractivity contribution is 0.1000. The van der Waals surface area contributed by atoms with E-state index in [0.29, 0.717) is 23.4 Å². The summed E-state index contributed by atoms with van der Waals surface area (Å²) < 4.78 is 13.7. The van der Waals surface area contributed by atoms with Gasteiger partial charge in [-0.25, -0.2) is 4.39 Å². The standard InChI is InChI=1S/C14H19FN2O/c1-14(2)6-11(14)8-17-7-10-4-3-9(13(16)18)5-12(10)15/h3-5,11,17H,6-8H2,1-2H3,(H2,16,18). The van der Waals surface area contributed by atoms with Crippen molar-refractivity contribution in [2.24, 2.45) is 17.1 Å². The van der Waals surface area contributed by atoms with Gasteiger partial charge in [0, 0.05) is 17.7 Å². The monoisotopic (exact) mass is 250 g/mol. The van der Waals surface area contributed by atoms with Gasteiger partial charge in [-0.05, 0) is 36.4 Å². The quantitative estimate of drug-likeness (QED) is 0.840. The third kappa shape index (κ3) is 2.88. The Bertz CT molecular complexity index is 471. The number of hydrogen-bond acceptors (Lipinski definition) is 2. The van der Waals surface area contributed by atoms with E-state index in [9.17, 15) is 9.18 Å². The van der Waals surface area contributed by atoms with Crippen LogP contribution in [0.1, 0.15) is 36.2 Å². The molecule has 1 atom stereocenters. The van der Waals surface area contributed by atoms with Gasteiger partial charge in [-0.1, -0.05) is 19.9 Å². The molecule has 3 N–H and O–H groups in total. The van der Waals surface area contributed by atoms with Gasteiger partial charge in [0.25, 0.3) is 0 Å². The number of rotatable bonds is 5. The Morgan fingerprint density at radius 1 is 1.56 bits per heavy atom. The van der Waals surface area contributed by atoms with E-state index < -0.39 is 5.91 Å². The molecule has 1 aliphatic carbocycles. The molecule has 98 valence electrons. The van der Waals surface area contributed by atoms with Crippen molar-refractivity contribution in [3.05, 3.63) is 35.1 Å². The van der Waals surface area contributed by atoms with Gasteiger partial charge in [0.05, 0.1) is 0 Å². The molecule has 1 aromatic carbocycles. The SMILES string of the molecule is CC1(C)CC1CNCc1ccc(C(N)=O)cc1F. The van der Waals surface area contributed by atoms with Gasteiger partial charge in [0.2, 0.25) is 5.91 Å². The number of carbonyl (C=O) groups excluding carboxylic acids is 1. The number of benzene rings is 1. The number of carbonyl (C=O) groups is 1. The van der Waals surface area contributed by atoms with Crippen LogP contribution < -0.4 is 11.1 Å². The number of halogens is 1. The molecular formula is C14H19FN2O. The molecule has 1 amide bonds. The average molecular weight is 250 g/mol. The van der Waals surface area contributed by atoms with Crippen molar-refractivity contribution in [3.8, 4) is 0 Å². The summed E-state index contributed by atoms with van der Waals surface area (Å²) in [5.41, 5.74) is 6.30. The summed E-state index contributed by atoms with van der Waals surface area (Å²) in [4.78, 5) is 10.9. The summed E-state index contributed by atoms with van der Waals surface area (Å²) >= 11 is 0. The van der Waals surface area contributed by atoms with Crippen LogP contribution in [0.5, 0.6) is 0 Å². The first kappa shape index (κ1) is 13.0. The molecule has 1 aromatic rings. The first-order valence-electron chi connectivity index (χ1n) is 6.19. The molecule has 0 aliphatic heterocycles. The van der Waals surface area contributed by atoms with Crippen molar-refractivity contribution in [2.45, 2.75) is 26.8 Å². The van der Waals surface area contributed by atoms with E-state index in [1.165, 1.54) is 12.5 Å². The number of primary amides is 1. The second kappa shape index (κ2) is 4.69. The average Bonchev–Trinajstić information content (AvgIpc) is 2.88. The van der Waals surface area contributed by atoms with Crippen LogP contribution in [0.4, 0.5) is 4.39 Å². The summed E-state index contributed by atoms with van der Waals surface area (Å²) in [6.45, 7) is 5.87. The highest BCUT2D eigenvalue weighted by atomic mass is 19.1. The van der Waals surface area contributed by atoms with Crippen LogP contribution >= 0.6 is 0 Å². The zero-order valence-electron chi connectivity index (χ0n) is 10.8. The van der Waals surface area contributed by atoms with E-state index in [1.807, 2.05) is 0 Å². The van der Waals surface area contributed by atoms with Gasteiger partial charge in [0.15, 0.2) is 0 Å². The Balaban J connectivity index is 1.88. The molecule has 1 unspecified atom stereocenters. The minimum Gasteiger partial charge on any atom is -0.366 e. The van der Waals surface area contributed by atoms with E-state index in [1.54, 1.807) is 12.1 Å². The molecule has 1 aliphatic rings. The maximum Gasteiger partial charge on any atom is 0.248 e. The predicted octanol–water partition coefficient (Wildman–Crippen LogP) is 2.06. The summed E-state index contributed by atoms with van der Waals surface area (Å²) in [5, 5.41) is 3.25. The number of hydrogen-bond donors (Lipinski definition) is 2. The molecule has 0 saturated heterocycles. The van der Waals surface area contributed by atoms with Crippen LogP contribution in [-0.4, -0.2) is 12.5 Å². The summed E-state index contributed by atoms with van der Waals surface area (Å²) in [7, 11) is 0. The topological polar surface area (TPSA) is 55.1 Å². The maximum atomic E-state index is 13.7. The van der Waals surface area contributed by atoms with Crippen molar-refractivity contribution in [1.29, 1.82) is 0 Å². The zero-order chi connectivity index (χ0) is 13.3. The normalized spacial score (nSPS) is 20.7. The first-order valence-corrected chi connectivity index (χ1v) is 6.19. The second-order valence-corrected chi connectivity index (χ2v) is 5.69. The van der Waals surface area contributed by atoms with Crippen molar-refractivity contribution in [2.75, 3.05) is 6.54 Å². The van der Waals surface area contributed by atoms with Crippen LogP contribution in [0.3, 0.4) is 0 Å². The molecule has 0 radical (unpaired) electrons. The van der Waals surface area contributed by atoms with E-state index in [4.69, 9.17) is 5.73 Å². The smallest absolute Gasteiger partial charge is 0.248 e. The zero-order valence-corrected chi connectivity index (χ0v) is 10.8. The molecule has 0 spiro atoms. The number of nitrogens with one attached hydrogen (secondary N) is 1. The molecule has 1 saturated carbocycles. The third-order valence-electron chi connectivity index (χ3n) is 3.76. The van der Waals surface area contributed by atoms with Gasteiger partial charge in [-0.15, -0.1) is 0 Å². The molecule has 1 fully saturated rings. The van der Waals surface area contributed by atoms with Crippen LogP contribution in [0.25, 0.3) is 0 Å². The lowest BCUT2D eigenvalue weighted by Gasteiger charge is -2.08. The maximum absolute atomic E-state index is 13.7. The van der Waals surface area contributed by atoms with E-state index >= 15 is 0 Å². The fourth-order valence-corrected chi connectivity index (χ4v) is 2.15. The Kier molecular flexibility index (Phi) is 3.39. The van der Waals surface area contributed by atoms with Crippen LogP contribution in [0.15, 0.2) is 18.2 Å². The summed E-state index contributed by atoms with van der Waals surface area (Å²) in [5.74, 6) is -0.299. The van der Waals surface area contributed by atoms with Crippen molar-refractivity contribution >= 4 is 5.91 Å². The molecule has 4 heteroatoms. The van der Waals surface area contributed by atoms with E-state index in [0.717, 1.165) is 6.54 Å². The third-order valence-corrected chi connectivity index (χ3v) is 3.76. The number of nitrogens with two attached hydrogens (primary N) is 1. The fourth-order valence-electron chi connectivity index (χ4n) is 2.15. The Labute approximate surface area is 107 Å². The minimum absolute atomic E-state index is 0.208. The molecule has 3 nitrogen and oxygen atoms in total. The van der Waals surface area contributed by atoms with Gasteiger partial charge < -0.3 is 11.1 Å². The highest BCUT2D eigenvalue weighted by Crippen LogP contribution is 2.50.